The summed E-state index contributed by atoms with van der Waals surface area (Å²) in [6.07, 6.45) is 0. The molecule has 0 heterocycles. The van der Waals surface area contributed by atoms with Gasteiger partial charge in [-0.15, -0.1) is 0 Å². The molecule has 2 nitrogen and oxygen atoms in total. The van der Waals surface area contributed by atoms with Crippen molar-refractivity contribution in [1.29, 1.82) is 0 Å². The Labute approximate surface area is 127 Å². The summed E-state index contributed by atoms with van der Waals surface area (Å²) in [5.41, 5.74) is 1.75. The molecule has 112 valence electrons. The molecule has 0 saturated heterocycles. The standard InChI is InChI=1S/C16H17F2NOS/c1-2-20-13-7-5-6-12(10-13)11-19-14-8-3-4-9-15(14)21-16(17)18/h3-10,16,19H,2,11H2,1H3. The van der Waals surface area contributed by atoms with Crippen LogP contribution in [-0.2, 0) is 6.54 Å². The Kier molecular flexibility index (Phi) is 5.87. The van der Waals surface area contributed by atoms with E-state index in [-0.39, 0.29) is 0 Å². The molecule has 0 spiro atoms. The lowest BCUT2D eigenvalue weighted by molar-refractivity contribution is 0.252. The summed E-state index contributed by atoms with van der Waals surface area (Å²) in [7, 11) is 0. The zero-order chi connectivity index (χ0) is 15.1. The maximum Gasteiger partial charge on any atom is 0.288 e. The van der Waals surface area contributed by atoms with E-state index in [0.717, 1.165) is 11.3 Å². The van der Waals surface area contributed by atoms with E-state index in [9.17, 15) is 8.78 Å². The van der Waals surface area contributed by atoms with E-state index >= 15 is 0 Å². The first-order valence-electron chi connectivity index (χ1n) is 6.68. The van der Waals surface area contributed by atoms with Gasteiger partial charge in [-0.1, -0.05) is 36.0 Å². The van der Waals surface area contributed by atoms with E-state index in [1.807, 2.05) is 37.3 Å². The third-order valence-electron chi connectivity index (χ3n) is 2.80. The Morgan fingerprint density at radius 2 is 1.95 bits per heavy atom. The molecule has 0 saturated carbocycles. The molecule has 2 rings (SSSR count). The molecular formula is C16H17F2NOS. The summed E-state index contributed by atoms with van der Waals surface area (Å²) in [6, 6.07) is 14.8. The van der Waals surface area contributed by atoms with Gasteiger partial charge in [0.15, 0.2) is 0 Å². The van der Waals surface area contributed by atoms with Gasteiger partial charge in [0.1, 0.15) is 5.75 Å². The quantitative estimate of drug-likeness (QED) is 0.726. The number of alkyl halides is 2. The number of nitrogens with one attached hydrogen (secondary N) is 1. The van der Waals surface area contributed by atoms with Crippen molar-refractivity contribution in [2.24, 2.45) is 0 Å². The Balaban J connectivity index is 2.04. The van der Waals surface area contributed by atoms with Gasteiger partial charge in [-0.2, -0.15) is 8.78 Å². The molecular weight excluding hydrogens is 292 g/mol. The molecule has 0 aliphatic rings. The van der Waals surface area contributed by atoms with Gasteiger partial charge in [-0.05, 0) is 36.8 Å². The van der Waals surface area contributed by atoms with Gasteiger partial charge in [0.05, 0.1) is 6.61 Å². The van der Waals surface area contributed by atoms with Crippen molar-refractivity contribution < 1.29 is 13.5 Å². The zero-order valence-electron chi connectivity index (χ0n) is 11.7. The van der Waals surface area contributed by atoms with Crippen LogP contribution in [0.5, 0.6) is 5.75 Å². The van der Waals surface area contributed by atoms with Crippen LogP contribution >= 0.6 is 11.8 Å². The molecule has 0 aliphatic carbocycles. The van der Waals surface area contributed by atoms with Crippen LogP contribution in [0.15, 0.2) is 53.4 Å². The van der Waals surface area contributed by atoms with Crippen molar-refractivity contribution in [3.8, 4) is 5.75 Å². The van der Waals surface area contributed by atoms with Crippen LogP contribution in [0.25, 0.3) is 0 Å². The molecule has 5 heteroatoms. The monoisotopic (exact) mass is 309 g/mol. The molecule has 2 aromatic carbocycles. The molecule has 0 aromatic heterocycles. The van der Waals surface area contributed by atoms with Crippen molar-refractivity contribution in [3.05, 3.63) is 54.1 Å². The Bertz CT molecular complexity index is 578. The third-order valence-corrected chi connectivity index (χ3v) is 3.58. The molecule has 0 radical (unpaired) electrons. The van der Waals surface area contributed by atoms with Crippen molar-refractivity contribution in [3.63, 3.8) is 0 Å². The fourth-order valence-corrected chi connectivity index (χ4v) is 2.54. The largest absolute Gasteiger partial charge is 0.494 e. The summed E-state index contributed by atoms with van der Waals surface area (Å²) in [4.78, 5) is 0.550. The number of anilines is 1. The number of benzene rings is 2. The molecule has 21 heavy (non-hydrogen) atoms. The van der Waals surface area contributed by atoms with Gasteiger partial charge in [0.25, 0.3) is 5.76 Å². The van der Waals surface area contributed by atoms with Crippen molar-refractivity contribution in [2.45, 2.75) is 24.1 Å². The first kappa shape index (κ1) is 15.6. The number of rotatable bonds is 7. The summed E-state index contributed by atoms with van der Waals surface area (Å²) in [6.45, 7) is 3.11. The van der Waals surface area contributed by atoms with Crippen molar-refractivity contribution in [2.75, 3.05) is 11.9 Å². The van der Waals surface area contributed by atoms with Crippen LogP contribution in [0.4, 0.5) is 14.5 Å². The highest BCUT2D eigenvalue weighted by atomic mass is 32.2. The zero-order valence-corrected chi connectivity index (χ0v) is 12.5. The first-order valence-corrected chi connectivity index (χ1v) is 7.56. The van der Waals surface area contributed by atoms with Crippen LogP contribution in [-0.4, -0.2) is 12.4 Å². The van der Waals surface area contributed by atoms with E-state index in [0.29, 0.717) is 35.5 Å². The van der Waals surface area contributed by atoms with E-state index < -0.39 is 5.76 Å². The highest BCUT2D eigenvalue weighted by molar-refractivity contribution is 7.99. The number of halogens is 2. The Morgan fingerprint density at radius 1 is 1.14 bits per heavy atom. The van der Waals surface area contributed by atoms with Crippen LogP contribution < -0.4 is 10.1 Å². The van der Waals surface area contributed by atoms with Gasteiger partial charge in [0, 0.05) is 17.1 Å². The predicted molar refractivity (Wildman–Crippen MR) is 83.2 cm³/mol. The van der Waals surface area contributed by atoms with Crippen LogP contribution in [0.3, 0.4) is 0 Å². The van der Waals surface area contributed by atoms with Gasteiger partial charge >= 0.3 is 0 Å². The van der Waals surface area contributed by atoms with Crippen LogP contribution in [0.2, 0.25) is 0 Å². The van der Waals surface area contributed by atoms with Gasteiger partial charge < -0.3 is 10.1 Å². The molecule has 0 unspecified atom stereocenters. The lowest BCUT2D eigenvalue weighted by atomic mass is 10.2. The van der Waals surface area contributed by atoms with Crippen LogP contribution in [0.1, 0.15) is 12.5 Å². The van der Waals surface area contributed by atoms with Gasteiger partial charge in [0.2, 0.25) is 0 Å². The molecule has 0 fully saturated rings. The Morgan fingerprint density at radius 3 is 2.71 bits per heavy atom. The van der Waals surface area contributed by atoms with E-state index in [4.69, 9.17) is 4.74 Å². The second-order valence-electron chi connectivity index (χ2n) is 4.31. The van der Waals surface area contributed by atoms with E-state index in [1.165, 1.54) is 0 Å². The van der Waals surface area contributed by atoms with Gasteiger partial charge in [-0.25, -0.2) is 0 Å². The minimum absolute atomic E-state index is 0.550. The van der Waals surface area contributed by atoms with E-state index in [2.05, 4.69) is 5.32 Å². The molecule has 2 aromatic rings. The second kappa shape index (κ2) is 7.88. The molecule has 0 amide bonds. The number of hydrogen-bond acceptors (Lipinski definition) is 3. The number of hydrogen-bond donors (Lipinski definition) is 1. The lowest BCUT2D eigenvalue weighted by Crippen LogP contribution is -2.01. The topological polar surface area (TPSA) is 21.3 Å². The summed E-state index contributed by atoms with van der Waals surface area (Å²) < 4.78 is 30.5. The smallest absolute Gasteiger partial charge is 0.288 e. The molecule has 0 aliphatic heterocycles. The lowest BCUT2D eigenvalue weighted by Gasteiger charge is -2.12. The Hall–Kier alpha value is -1.75. The summed E-state index contributed by atoms with van der Waals surface area (Å²) in [5, 5.41) is 3.19. The molecule has 1 N–H and O–H groups in total. The minimum atomic E-state index is -2.42. The second-order valence-corrected chi connectivity index (χ2v) is 5.34. The van der Waals surface area contributed by atoms with Crippen LogP contribution in [0, 0.1) is 0 Å². The SMILES string of the molecule is CCOc1cccc(CNc2ccccc2SC(F)F)c1. The highest BCUT2D eigenvalue weighted by Gasteiger charge is 2.09. The fraction of sp³-hybridized carbons (Fsp3) is 0.250. The average Bonchev–Trinajstić information content (AvgIpc) is 2.47. The maximum atomic E-state index is 12.5. The third kappa shape index (κ3) is 4.93. The molecule has 0 atom stereocenters. The maximum absolute atomic E-state index is 12.5. The molecule has 0 bridgehead atoms. The number of thioether (sulfide) groups is 1. The highest BCUT2D eigenvalue weighted by Crippen LogP contribution is 2.31. The predicted octanol–water partition coefficient (Wildman–Crippen LogP) is 5.01. The average molecular weight is 309 g/mol. The summed E-state index contributed by atoms with van der Waals surface area (Å²) >= 11 is 0.551. The van der Waals surface area contributed by atoms with Crippen molar-refractivity contribution in [1.82, 2.24) is 0 Å². The fourth-order valence-electron chi connectivity index (χ4n) is 1.92. The van der Waals surface area contributed by atoms with E-state index in [1.54, 1.807) is 18.2 Å². The summed E-state index contributed by atoms with van der Waals surface area (Å²) in [5.74, 6) is -1.61. The minimum Gasteiger partial charge on any atom is -0.494 e. The normalized spacial score (nSPS) is 10.7. The number of ether oxygens (including phenoxy) is 1. The van der Waals surface area contributed by atoms with Crippen molar-refractivity contribution >= 4 is 17.4 Å². The van der Waals surface area contributed by atoms with Gasteiger partial charge in [-0.3, -0.25) is 0 Å². The first-order chi connectivity index (χ1) is 10.2. The number of para-hydroxylation sites is 1.